The van der Waals surface area contributed by atoms with Crippen LogP contribution in [0.3, 0.4) is 0 Å². The molecule has 0 radical (unpaired) electrons. The molecule has 1 atom stereocenters. The first-order valence-corrected chi connectivity index (χ1v) is 7.08. The molecule has 1 aromatic heterocycles. The number of hydrogen-bond donors (Lipinski definition) is 0. The third-order valence-electron chi connectivity index (χ3n) is 3.63. The van der Waals surface area contributed by atoms with Gasteiger partial charge in [-0.2, -0.15) is 0 Å². The molecule has 1 aliphatic heterocycles. The molecular weight excluding hydrogens is 242 g/mol. The quantitative estimate of drug-likeness (QED) is 0.820. The van der Waals surface area contributed by atoms with E-state index in [0.29, 0.717) is 6.04 Å². The molecule has 2 aromatic rings. The number of hydrogen-bond acceptors (Lipinski definition) is 3. The van der Waals surface area contributed by atoms with Crippen molar-refractivity contribution in [2.75, 3.05) is 20.7 Å². The summed E-state index contributed by atoms with van der Waals surface area (Å²) in [5.74, 6) is 0.950. The van der Waals surface area contributed by atoms with E-state index < -0.39 is 0 Å². The Hall–Kier alpha value is -1.32. The third-order valence-corrected chi connectivity index (χ3v) is 4.56. The smallest absolute Gasteiger partial charge is 0.119 e. The lowest BCUT2D eigenvalue weighted by molar-refractivity contribution is 0.267. The van der Waals surface area contributed by atoms with Gasteiger partial charge in [-0.1, -0.05) is 12.1 Å². The van der Waals surface area contributed by atoms with Crippen LogP contribution in [0.5, 0.6) is 5.75 Å². The normalized spacial score (nSPS) is 19.6. The van der Waals surface area contributed by atoms with Crippen LogP contribution in [-0.4, -0.2) is 25.6 Å². The predicted molar refractivity (Wildman–Crippen MR) is 75.5 cm³/mol. The van der Waals surface area contributed by atoms with Crippen LogP contribution in [-0.2, 0) is 6.42 Å². The molecule has 0 aliphatic carbocycles. The molecule has 0 N–H and O–H groups in total. The van der Waals surface area contributed by atoms with Crippen molar-refractivity contribution in [3.8, 4) is 5.75 Å². The Morgan fingerprint density at radius 3 is 2.94 bits per heavy atom. The lowest BCUT2D eigenvalue weighted by Crippen LogP contribution is -2.32. The Bertz CT molecular complexity index is 535. The standard InChI is InChI=1S/C15H17NOS/c1-16-8-7-11-5-6-12(17-2)10-13(11)15(16)14-4-3-9-18-14/h3-6,9-10,15H,7-8H2,1-2H3. The highest BCUT2D eigenvalue weighted by Crippen LogP contribution is 2.37. The van der Waals surface area contributed by atoms with E-state index in [1.54, 1.807) is 7.11 Å². The van der Waals surface area contributed by atoms with Crippen LogP contribution in [0, 0.1) is 0 Å². The Labute approximate surface area is 112 Å². The Balaban J connectivity index is 2.10. The van der Waals surface area contributed by atoms with Crippen molar-refractivity contribution in [2.24, 2.45) is 0 Å². The highest BCUT2D eigenvalue weighted by atomic mass is 32.1. The van der Waals surface area contributed by atoms with E-state index in [4.69, 9.17) is 4.74 Å². The average molecular weight is 259 g/mol. The van der Waals surface area contributed by atoms with E-state index in [9.17, 15) is 0 Å². The maximum atomic E-state index is 5.37. The topological polar surface area (TPSA) is 12.5 Å². The summed E-state index contributed by atoms with van der Waals surface area (Å²) < 4.78 is 5.37. The minimum Gasteiger partial charge on any atom is -0.497 e. The summed E-state index contributed by atoms with van der Waals surface area (Å²) in [5, 5.41) is 2.15. The molecule has 0 spiro atoms. The molecule has 0 saturated heterocycles. The number of likely N-dealkylation sites (N-methyl/N-ethyl adjacent to an activating group) is 1. The van der Waals surface area contributed by atoms with Crippen LogP contribution in [0.15, 0.2) is 35.7 Å². The van der Waals surface area contributed by atoms with E-state index in [-0.39, 0.29) is 0 Å². The number of benzene rings is 1. The van der Waals surface area contributed by atoms with Gasteiger partial charge in [-0.25, -0.2) is 0 Å². The summed E-state index contributed by atoms with van der Waals surface area (Å²) in [4.78, 5) is 3.83. The first-order chi connectivity index (χ1) is 8.79. The van der Waals surface area contributed by atoms with E-state index in [2.05, 4.69) is 47.7 Å². The molecule has 2 heterocycles. The molecule has 1 unspecified atom stereocenters. The second-order valence-electron chi connectivity index (χ2n) is 4.71. The van der Waals surface area contributed by atoms with Crippen molar-refractivity contribution < 1.29 is 4.74 Å². The van der Waals surface area contributed by atoms with Crippen molar-refractivity contribution >= 4 is 11.3 Å². The van der Waals surface area contributed by atoms with Crippen LogP contribution in [0.1, 0.15) is 22.0 Å². The van der Waals surface area contributed by atoms with Crippen LogP contribution in [0.4, 0.5) is 0 Å². The molecule has 0 amide bonds. The van der Waals surface area contributed by atoms with Crippen molar-refractivity contribution in [3.63, 3.8) is 0 Å². The van der Waals surface area contributed by atoms with Crippen LogP contribution >= 0.6 is 11.3 Å². The van der Waals surface area contributed by atoms with Gasteiger partial charge < -0.3 is 4.74 Å². The first-order valence-electron chi connectivity index (χ1n) is 6.20. The fraction of sp³-hybridized carbons (Fsp3) is 0.333. The first kappa shape index (κ1) is 11.8. The summed E-state index contributed by atoms with van der Waals surface area (Å²) >= 11 is 1.83. The maximum Gasteiger partial charge on any atom is 0.119 e. The zero-order valence-corrected chi connectivity index (χ0v) is 11.5. The minimum absolute atomic E-state index is 0.379. The molecule has 0 fully saturated rings. The van der Waals surface area contributed by atoms with Gasteiger partial charge in [0.2, 0.25) is 0 Å². The molecule has 94 valence electrons. The third kappa shape index (κ3) is 1.93. The highest BCUT2D eigenvalue weighted by molar-refractivity contribution is 7.10. The van der Waals surface area contributed by atoms with Crippen LogP contribution in [0.25, 0.3) is 0 Å². The zero-order chi connectivity index (χ0) is 12.5. The van der Waals surface area contributed by atoms with Crippen molar-refractivity contribution in [3.05, 3.63) is 51.7 Å². The average Bonchev–Trinajstić information content (AvgIpc) is 2.91. The molecular formula is C15H17NOS. The van der Waals surface area contributed by atoms with Crippen molar-refractivity contribution in [1.29, 1.82) is 0 Å². The zero-order valence-electron chi connectivity index (χ0n) is 10.7. The summed E-state index contributed by atoms with van der Waals surface area (Å²) in [6.07, 6.45) is 1.12. The van der Waals surface area contributed by atoms with Gasteiger partial charge in [0.05, 0.1) is 13.2 Å². The molecule has 1 aliphatic rings. The van der Waals surface area contributed by atoms with Gasteiger partial charge >= 0.3 is 0 Å². The second kappa shape index (κ2) is 4.75. The van der Waals surface area contributed by atoms with Crippen molar-refractivity contribution in [2.45, 2.75) is 12.5 Å². The van der Waals surface area contributed by atoms with Gasteiger partial charge in [0.15, 0.2) is 0 Å². The van der Waals surface area contributed by atoms with E-state index in [1.807, 2.05) is 11.3 Å². The van der Waals surface area contributed by atoms with Gasteiger partial charge in [-0.15, -0.1) is 11.3 Å². The number of fused-ring (bicyclic) bond motifs is 1. The van der Waals surface area contributed by atoms with E-state index >= 15 is 0 Å². The van der Waals surface area contributed by atoms with Crippen LogP contribution < -0.4 is 4.74 Å². The number of nitrogens with zero attached hydrogens (tertiary/aromatic N) is 1. The van der Waals surface area contributed by atoms with Gasteiger partial charge in [-0.05, 0) is 48.2 Å². The Kier molecular flexibility index (Phi) is 3.10. The Morgan fingerprint density at radius 2 is 2.22 bits per heavy atom. The molecule has 1 aromatic carbocycles. The summed E-state index contributed by atoms with van der Waals surface area (Å²) in [5.41, 5.74) is 2.85. The minimum atomic E-state index is 0.379. The monoisotopic (exact) mass is 259 g/mol. The number of rotatable bonds is 2. The van der Waals surface area contributed by atoms with Gasteiger partial charge in [0.1, 0.15) is 5.75 Å². The molecule has 2 nitrogen and oxygen atoms in total. The van der Waals surface area contributed by atoms with Gasteiger partial charge in [0, 0.05) is 11.4 Å². The molecule has 3 heteroatoms. The highest BCUT2D eigenvalue weighted by Gasteiger charge is 2.27. The largest absolute Gasteiger partial charge is 0.497 e. The lowest BCUT2D eigenvalue weighted by atomic mass is 9.92. The SMILES string of the molecule is COc1ccc2c(c1)C(c1cccs1)N(C)CC2. The lowest BCUT2D eigenvalue weighted by Gasteiger charge is -2.34. The summed E-state index contributed by atoms with van der Waals surface area (Å²) in [6, 6.07) is 11.2. The Morgan fingerprint density at radius 1 is 1.33 bits per heavy atom. The number of thiophene rings is 1. The molecule has 0 saturated carbocycles. The summed E-state index contributed by atoms with van der Waals surface area (Å²) in [6.45, 7) is 1.11. The maximum absolute atomic E-state index is 5.37. The van der Waals surface area contributed by atoms with Gasteiger partial charge in [0.25, 0.3) is 0 Å². The molecule has 18 heavy (non-hydrogen) atoms. The second-order valence-corrected chi connectivity index (χ2v) is 5.69. The number of methoxy groups -OCH3 is 1. The molecule has 0 bridgehead atoms. The van der Waals surface area contributed by atoms with E-state index in [1.165, 1.54) is 16.0 Å². The van der Waals surface area contributed by atoms with Gasteiger partial charge in [-0.3, -0.25) is 4.90 Å². The molecule has 3 rings (SSSR count). The fourth-order valence-corrected chi connectivity index (χ4v) is 3.57. The summed E-state index contributed by atoms with van der Waals surface area (Å²) in [7, 11) is 3.93. The van der Waals surface area contributed by atoms with Crippen molar-refractivity contribution in [1.82, 2.24) is 4.90 Å². The number of ether oxygens (including phenoxy) is 1. The fourth-order valence-electron chi connectivity index (χ4n) is 2.66. The predicted octanol–water partition coefficient (Wildman–Crippen LogP) is 3.33. The van der Waals surface area contributed by atoms with Crippen LogP contribution in [0.2, 0.25) is 0 Å². The van der Waals surface area contributed by atoms with E-state index in [0.717, 1.165) is 18.7 Å².